The zero-order valence-electron chi connectivity index (χ0n) is 16.5. The molecular weight excluding hydrogens is 353 g/mol. The molecule has 4 rings (SSSR count). The van der Waals surface area contributed by atoms with Crippen molar-refractivity contribution in [2.75, 3.05) is 31.8 Å². The number of hydrogen-bond acceptors (Lipinski definition) is 3. The summed E-state index contributed by atoms with van der Waals surface area (Å²) < 4.78 is 21.7. The number of rotatable bonds is 3. The third kappa shape index (κ3) is 2.80. The lowest BCUT2D eigenvalue weighted by Crippen LogP contribution is -2.30. The highest BCUT2D eigenvalue weighted by molar-refractivity contribution is 6.08. The predicted molar refractivity (Wildman–Crippen MR) is 113 cm³/mol. The van der Waals surface area contributed by atoms with Crippen LogP contribution in [0.4, 0.5) is 15.8 Å². The van der Waals surface area contributed by atoms with Crippen molar-refractivity contribution in [3.05, 3.63) is 60.4 Å². The van der Waals surface area contributed by atoms with Crippen molar-refractivity contribution >= 4 is 33.2 Å². The van der Waals surface area contributed by atoms with Gasteiger partial charge >= 0.3 is 0 Å². The zero-order valence-corrected chi connectivity index (χ0v) is 16.5. The van der Waals surface area contributed by atoms with Crippen molar-refractivity contribution in [1.82, 2.24) is 0 Å². The molecule has 4 nitrogen and oxygen atoms in total. The van der Waals surface area contributed by atoms with Gasteiger partial charge in [-0.3, -0.25) is 0 Å². The normalized spacial score (nSPS) is 11.2. The molecular formula is C23H23FN3O+. The monoisotopic (exact) mass is 376 g/mol. The molecule has 0 unspecified atom stereocenters. The van der Waals surface area contributed by atoms with Gasteiger partial charge in [-0.2, -0.15) is 4.57 Å². The molecule has 1 heterocycles. The minimum absolute atomic E-state index is 0.234. The highest BCUT2D eigenvalue weighted by Gasteiger charge is 2.21. The van der Waals surface area contributed by atoms with Gasteiger partial charge in [0.15, 0.2) is 11.6 Å². The maximum atomic E-state index is 14.5. The van der Waals surface area contributed by atoms with E-state index < -0.39 is 0 Å². The predicted octanol–water partition coefficient (Wildman–Crippen LogP) is 4.28. The number of fused-ring (bicyclic) bond motifs is 2. The first-order chi connectivity index (χ1) is 13.4. The van der Waals surface area contributed by atoms with Gasteiger partial charge < -0.3 is 15.4 Å². The lowest BCUT2D eigenvalue weighted by atomic mass is 9.95. The van der Waals surface area contributed by atoms with Crippen molar-refractivity contribution < 1.29 is 13.7 Å². The molecule has 3 aromatic carbocycles. The van der Waals surface area contributed by atoms with E-state index in [2.05, 4.69) is 27.7 Å². The summed E-state index contributed by atoms with van der Waals surface area (Å²) in [6.07, 6.45) is 0. The molecule has 4 aromatic rings. The van der Waals surface area contributed by atoms with Crippen LogP contribution in [0.2, 0.25) is 0 Å². The largest absolute Gasteiger partial charge is 0.494 e. The highest BCUT2D eigenvalue weighted by Crippen LogP contribution is 2.37. The fourth-order valence-electron chi connectivity index (χ4n) is 3.73. The van der Waals surface area contributed by atoms with Gasteiger partial charge in [-0.25, -0.2) is 4.39 Å². The summed E-state index contributed by atoms with van der Waals surface area (Å²) in [5.74, 6) is -0.145. The third-order valence-corrected chi connectivity index (χ3v) is 5.22. The minimum atomic E-state index is -0.380. The van der Waals surface area contributed by atoms with Gasteiger partial charge in [0.05, 0.1) is 17.9 Å². The zero-order chi connectivity index (χ0) is 20.0. The lowest BCUT2D eigenvalue weighted by molar-refractivity contribution is -0.617. The number of aromatic nitrogens is 1. The van der Waals surface area contributed by atoms with Crippen LogP contribution in [0, 0.1) is 5.82 Å². The van der Waals surface area contributed by atoms with E-state index in [9.17, 15) is 4.39 Å². The second kappa shape index (κ2) is 6.68. The lowest BCUT2D eigenvalue weighted by Gasteiger charge is -2.15. The number of anilines is 2. The van der Waals surface area contributed by atoms with Crippen LogP contribution in [0.25, 0.3) is 32.9 Å². The van der Waals surface area contributed by atoms with Crippen LogP contribution < -0.4 is 19.9 Å². The number of nitrogen functional groups attached to an aromatic ring is 1. The molecule has 0 amide bonds. The van der Waals surface area contributed by atoms with Crippen LogP contribution in [0.15, 0.2) is 54.6 Å². The summed E-state index contributed by atoms with van der Waals surface area (Å²) in [5, 5.41) is 2.07. The van der Waals surface area contributed by atoms with Crippen molar-refractivity contribution in [3.8, 4) is 16.9 Å². The van der Waals surface area contributed by atoms with Crippen LogP contribution in [0.3, 0.4) is 0 Å². The topological polar surface area (TPSA) is 42.4 Å². The Morgan fingerprint density at radius 3 is 2.25 bits per heavy atom. The molecule has 0 aliphatic heterocycles. The fourth-order valence-corrected chi connectivity index (χ4v) is 3.73. The van der Waals surface area contributed by atoms with Crippen molar-refractivity contribution in [3.63, 3.8) is 0 Å². The molecule has 0 bridgehead atoms. The number of methoxy groups -OCH3 is 1. The third-order valence-electron chi connectivity index (χ3n) is 5.22. The van der Waals surface area contributed by atoms with Gasteiger partial charge in [-0.1, -0.05) is 6.07 Å². The molecule has 0 aliphatic carbocycles. The standard InChI is InChI=1S/C23H22FN3O/c1-26(2)16-7-9-18-21(13-16)27(3)20-12-15(25)6-8-17(20)23(18)14-5-10-22(28-4)19(24)11-14/h5-13,25H,1-4H3/p+1. The minimum Gasteiger partial charge on any atom is -0.494 e. The second-order valence-electron chi connectivity index (χ2n) is 7.16. The molecule has 0 saturated carbocycles. The van der Waals surface area contributed by atoms with E-state index in [4.69, 9.17) is 10.5 Å². The van der Waals surface area contributed by atoms with Crippen molar-refractivity contribution in [2.45, 2.75) is 0 Å². The van der Waals surface area contributed by atoms with Crippen LogP contribution in [-0.4, -0.2) is 21.2 Å². The molecule has 1 aromatic heterocycles. The molecule has 0 aliphatic rings. The van der Waals surface area contributed by atoms with E-state index >= 15 is 0 Å². The Kier molecular flexibility index (Phi) is 4.30. The molecule has 2 N–H and O–H groups in total. The van der Waals surface area contributed by atoms with Crippen LogP contribution >= 0.6 is 0 Å². The molecule has 5 heteroatoms. The van der Waals surface area contributed by atoms with E-state index in [1.165, 1.54) is 13.2 Å². The number of pyridine rings is 1. The van der Waals surface area contributed by atoms with Gasteiger partial charge in [-0.15, -0.1) is 0 Å². The summed E-state index contributed by atoms with van der Waals surface area (Å²) in [6, 6.07) is 17.2. The number of halogens is 1. The highest BCUT2D eigenvalue weighted by atomic mass is 19.1. The first-order valence-electron chi connectivity index (χ1n) is 9.07. The van der Waals surface area contributed by atoms with Gasteiger partial charge in [0.25, 0.3) is 0 Å². The maximum Gasteiger partial charge on any atom is 0.215 e. The summed E-state index contributed by atoms with van der Waals surface area (Å²) in [6.45, 7) is 0. The summed E-state index contributed by atoms with van der Waals surface area (Å²) in [5.41, 5.74) is 11.7. The number of aryl methyl sites for hydroxylation is 1. The smallest absolute Gasteiger partial charge is 0.215 e. The van der Waals surface area contributed by atoms with Crippen molar-refractivity contribution in [1.29, 1.82) is 0 Å². The van der Waals surface area contributed by atoms with Gasteiger partial charge in [-0.05, 0) is 42.0 Å². The van der Waals surface area contributed by atoms with Crippen LogP contribution in [-0.2, 0) is 7.05 Å². The average Bonchev–Trinajstić information content (AvgIpc) is 2.68. The van der Waals surface area contributed by atoms with Gasteiger partial charge in [0.2, 0.25) is 11.0 Å². The first-order valence-corrected chi connectivity index (χ1v) is 9.07. The van der Waals surface area contributed by atoms with E-state index in [0.717, 1.165) is 38.6 Å². The Morgan fingerprint density at radius 2 is 1.61 bits per heavy atom. The van der Waals surface area contributed by atoms with Gasteiger partial charge in [0, 0.05) is 43.2 Å². The maximum absolute atomic E-state index is 14.5. The van der Waals surface area contributed by atoms with Crippen LogP contribution in [0.5, 0.6) is 5.75 Å². The Hall–Kier alpha value is -3.34. The van der Waals surface area contributed by atoms with E-state index in [1.54, 1.807) is 6.07 Å². The average molecular weight is 376 g/mol. The molecule has 0 atom stereocenters. The molecule has 0 fully saturated rings. The number of nitrogens with zero attached hydrogens (tertiary/aromatic N) is 2. The number of nitrogens with two attached hydrogens (primary N) is 1. The number of hydrogen-bond donors (Lipinski definition) is 1. The molecule has 0 saturated heterocycles. The first kappa shape index (κ1) is 18.0. The fraction of sp³-hybridized carbons (Fsp3) is 0.174. The molecule has 142 valence electrons. The SMILES string of the molecule is COc1ccc(-c2c3ccc(N)cc3[n+](C)c3cc(N(C)C)ccc23)cc1F. The summed E-state index contributed by atoms with van der Waals surface area (Å²) >= 11 is 0. The van der Waals surface area contributed by atoms with Gasteiger partial charge in [0.1, 0.15) is 7.05 Å². The Balaban J connectivity index is 2.16. The van der Waals surface area contributed by atoms with E-state index in [0.29, 0.717) is 5.69 Å². The van der Waals surface area contributed by atoms with Crippen molar-refractivity contribution in [2.24, 2.45) is 7.05 Å². The Morgan fingerprint density at radius 1 is 0.929 bits per heavy atom. The summed E-state index contributed by atoms with van der Waals surface area (Å²) in [4.78, 5) is 2.07. The van der Waals surface area contributed by atoms with Crippen LogP contribution in [0.1, 0.15) is 0 Å². The molecule has 0 spiro atoms. The molecule has 28 heavy (non-hydrogen) atoms. The van der Waals surface area contributed by atoms with E-state index in [-0.39, 0.29) is 11.6 Å². The number of benzene rings is 3. The second-order valence-corrected chi connectivity index (χ2v) is 7.16. The molecule has 0 radical (unpaired) electrons. The number of ether oxygens (including phenoxy) is 1. The van der Waals surface area contributed by atoms with E-state index in [1.807, 2.05) is 45.4 Å². The Bertz CT molecular complexity index is 1220. The summed E-state index contributed by atoms with van der Waals surface area (Å²) in [7, 11) is 7.53. The Labute approximate surface area is 163 Å². The quantitative estimate of drug-likeness (QED) is 0.330.